The molecule has 0 atom stereocenters. The first kappa shape index (κ1) is 14.2. The molecule has 3 heteroatoms. The molecule has 0 spiro atoms. The maximum absolute atomic E-state index is 5.78. The average molecular weight is 263 g/mol. The molecular formula is C16H25NO2. The van der Waals surface area contributed by atoms with E-state index in [4.69, 9.17) is 9.47 Å². The summed E-state index contributed by atoms with van der Waals surface area (Å²) < 4.78 is 11.3. The predicted octanol–water partition coefficient (Wildman–Crippen LogP) is 3.39. The van der Waals surface area contributed by atoms with Gasteiger partial charge in [-0.2, -0.15) is 0 Å². The van der Waals surface area contributed by atoms with Crippen LogP contribution >= 0.6 is 0 Å². The molecule has 0 saturated heterocycles. The van der Waals surface area contributed by atoms with Gasteiger partial charge in [-0.1, -0.05) is 12.1 Å². The second kappa shape index (κ2) is 8.05. The molecule has 1 fully saturated rings. The van der Waals surface area contributed by atoms with Gasteiger partial charge < -0.3 is 14.8 Å². The fourth-order valence-corrected chi connectivity index (χ4v) is 2.02. The van der Waals surface area contributed by atoms with Gasteiger partial charge >= 0.3 is 0 Å². The maximum atomic E-state index is 5.78. The summed E-state index contributed by atoms with van der Waals surface area (Å²) in [5.41, 5.74) is 0. The first-order valence-corrected chi connectivity index (χ1v) is 7.48. The summed E-state index contributed by atoms with van der Waals surface area (Å²) >= 11 is 0. The highest BCUT2D eigenvalue weighted by Gasteiger charge is 2.19. The van der Waals surface area contributed by atoms with Crippen LogP contribution in [-0.2, 0) is 0 Å². The van der Waals surface area contributed by atoms with Crippen molar-refractivity contribution in [1.82, 2.24) is 5.32 Å². The van der Waals surface area contributed by atoms with Crippen molar-refractivity contribution in [3.05, 3.63) is 24.3 Å². The van der Waals surface area contributed by atoms with Crippen LogP contribution in [0.25, 0.3) is 0 Å². The molecular weight excluding hydrogens is 238 g/mol. The van der Waals surface area contributed by atoms with Gasteiger partial charge in [0, 0.05) is 6.04 Å². The fourth-order valence-electron chi connectivity index (χ4n) is 2.02. The van der Waals surface area contributed by atoms with Gasteiger partial charge in [-0.15, -0.1) is 0 Å². The number of hydrogen-bond donors (Lipinski definition) is 1. The minimum Gasteiger partial charge on any atom is -0.490 e. The van der Waals surface area contributed by atoms with Gasteiger partial charge in [-0.25, -0.2) is 0 Å². The largest absolute Gasteiger partial charge is 0.490 e. The molecule has 1 aliphatic rings. The molecule has 1 aliphatic carbocycles. The maximum Gasteiger partial charge on any atom is 0.161 e. The highest BCUT2D eigenvalue weighted by Crippen LogP contribution is 2.26. The smallest absolute Gasteiger partial charge is 0.161 e. The van der Waals surface area contributed by atoms with Crippen LogP contribution in [0.4, 0.5) is 0 Å². The van der Waals surface area contributed by atoms with E-state index in [1.807, 2.05) is 31.2 Å². The summed E-state index contributed by atoms with van der Waals surface area (Å²) in [6, 6.07) is 8.71. The number of nitrogens with one attached hydrogen (secondary N) is 1. The zero-order valence-electron chi connectivity index (χ0n) is 11.9. The van der Waals surface area contributed by atoms with Crippen LogP contribution in [0, 0.1) is 0 Å². The number of hydrogen-bond acceptors (Lipinski definition) is 3. The van der Waals surface area contributed by atoms with E-state index >= 15 is 0 Å². The second-order valence-corrected chi connectivity index (χ2v) is 5.02. The third-order valence-corrected chi connectivity index (χ3v) is 3.24. The van der Waals surface area contributed by atoms with Crippen LogP contribution in [0.15, 0.2) is 24.3 Å². The lowest BCUT2D eigenvalue weighted by molar-refractivity contribution is 0.270. The lowest BCUT2D eigenvalue weighted by Gasteiger charge is -2.11. The van der Waals surface area contributed by atoms with Gasteiger partial charge in [-0.3, -0.25) is 0 Å². The van der Waals surface area contributed by atoms with Crippen molar-refractivity contribution in [2.75, 3.05) is 19.8 Å². The number of unbranched alkanes of at least 4 members (excludes halogenated alkanes) is 2. The Morgan fingerprint density at radius 3 is 2.47 bits per heavy atom. The molecule has 1 saturated carbocycles. The molecule has 0 radical (unpaired) electrons. The van der Waals surface area contributed by atoms with Gasteiger partial charge in [0.15, 0.2) is 11.5 Å². The number of para-hydroxylation sites is 2. The molecule has 0 bridgehead atoms. The third kappa shape index (κ3) is 5.52. The monoisotopic (exact) mass is 263 g/mol. The second-order valence-electron chi connectivity index (χ2n) is 5.02. The van der Waals surface area contributed by atoms with Crippen molar-refractivity contribution in [3.8, 4) is 11.5 Å². The molecule has 1 aromatic rings. The van der Waals surface area contributed by atoms with Crippen molar-refractivity contribution in [2.24, 2.45) is 0 Å². The number of benzene rings is 1. The lowest BCUT2D eigenvalue weighted by Crippen LogP contribution is -2.17. The van der Waals surface area contributed by atoms with Crippen LogP contribution in [0.3, 0.4) is 0 Å². The highest BCUT2D eigenvalue weighted by atomic mass is 16.5. The van der Waals surface area contributed by atoms with E-state index in [0.717, 1.165) is 37.1 Å². The SMILES string of the molecule is CCOc1ccccc1OCCCCCNC1CC1. The summed E-state index contributed by atoms with van der Waals surface area (Å²) in [5, 5.41) is 3.53. The molecule has 2 rings (SSSR count). The zero-order chi connectivity index (χ0) is 13.3. The van der Waals surface area contributed by atoms with Crippen molar-refractivity contribution in [1.29, 1.82) is 0 Å². The topological polar surface area (TPSA) is 30.5 Å². The van der Waals surface area contributed by atoms with E-state index in [0.29, 0.717) is 6.61 Å². The van der Waals surface area contributed by atoms with Crippen molar-refractivity contribution < 1.29 is 9.47 Å². The Hall–Kier alpha value is -1.22. The average Bonchev–Trinajstić information content (AvgIpc) is 3.24. The summed E-state index contributed by atoms with van der Waals surface area (Å²) in [7, 11) is 0. The van der Waals surface area contributed by atoms with Crippen LogP contribution in [0.2, 0.25) is 0 Å². The van der Waals surface area contributed by atoms with Gasteiger partial charge in [-0.05, 0) is 57.7 Å². The first-order valence-electron chi connectivity index (χ1n) is 7.48. The molecule has 0 unspecified atom stereocenters. The molecule has 0 amide bonds. The Morgan fingerprint density at radius 1 is 1.05 bits per heavy atom. The Labute approximate surface area is 116 Å². The predicted molar refractivity (Wildman–Crippen MR) is 78.0 cm³/mol. The third-order valence-electron chi connectivity index (χ3n) is 3.24. The van der Waals surface area contributed by atoms with Crippen molar-refractivity contribution in [3.63, 3.8) is 0 Å². The van der Waals surface area contributed by atoms with E-state index in [2.05, 4.69) is 5.32 Å². The summed E-state index contributed by atoms with van der Waals surface area (Å²) in [4.78, 5) is 0. The van der Waals surface area contributed by atoms with E-state index in [1.165, 1.54) is 25.7 Å². The van der Waals surface area contributed by atoms with Crippen LogP contribution < -0.4 is 14.8 Å². The van der Waals surface area contributed by atoms with Crippen LogP contribution in [0.1, 0.15) is 39.0 Å². The summed E-state index contributed by atoms with van der Waals surface area (Å²) in [6.07, 6.45) is 6.31. The Kier molecular flexibility index (Phi) is 6.02. The Morgan fingerprint density at radius 2 is 1.79 bits per heavy atom. The fraction of sp³-hybridized carbons (Fsp3) is 0.625. The lowest BCUT2D eigenvalue weighted by atomic mass is 10.2. The zero-order valence-corrected chi connectivity index (χ0v) is 11.9. The Bertz CT molecular complexity index is 364. The molecule has 106 valence electrons. The molecule has 0 aliphatic heterocycles. The van der Waals surface area contributed by atoms with Crippen LogP contribution in [0.5, 0.6) is 11.5 Å². The van der Waals surface area contributed by atoms with Gasteiger partial charge in [0.1, 0.15) is 0 Å². The van der Waals surface area contributed by atoms with Gasteiger partial charge in [0.05, 0.1) is 13.2 Å². The molecule has 1 aromatic carbocycles. The highest BCUT2D eigenvalue weighted by molar-refractivity contribution is 5.39. The quantitative estimate of drug-likeness (QED) is 0.656. The van der Waals surface area contributed by atoms with Crippen LogP contribution in [-0.4, -0.2) is 25.8 Å². The van der Waals surface area contributed by atoms with E-state index in [9.17, 15) is 0 Å². The Balaban J connectivity index is 1.56. The standard InChI is InChI=1S/C16H25NO2/c1-2-18-15-8-4-5-9-16(15)19-13-7-3-6-12-17-14-10-11-14/h4-5,8-9,14,17H,2-3,6-7,10-13H2,1H3. The van der Waals surface area contributed by atoms with E-state index in [-0.39, 0.29) is 0 Å². The first-order chi connectivity index (χ1) is 9.40. The molecule has 0 aromatic heterocycles. The molecule has 1 N–H and O–H groups in total. The minimum atomic E-state index is 0.674. The summed E-state index contributed by atoms with van der Waals surface area (Å²) in [6.45, 7) is 4.59. The molecule has 0 heterocycles. The minimum absolute atomic E-state index is 0.674. The van der Waals surface area contributed by atoms with Gasteiger partial charge in [0.2, 0.25) is 0 Å². The summed E-state index contributed by atoms with van der Waals surface area (Å²) in [5.74, 6) is 1.71. The van der Waals surface area contributed by atoms with E-state index < -0.39 is 0 Å². The van der Waals surface area contributed by atoms with Crippen molar-refractivity contribution in [2.45, 2.75) is 45.1 Å². The molecule has 3 nitrogen and oxygen atoms in total. The normalized spacial score (nSPS) is 14.4. The van der Waals surface area contributed by atoms with E-state index in [1.54, 1.807) is 0 Å². The molecule has 19 heavy (non-hydrogen) atoms. The number of ether oxygens (including phenoxy) is 2. The van der Waals surface area contributed by atoms with Gasteiger partial charge in [0.25, 0.3) is 0 Å². The van der Waals surface area contributed by atoms with Crippen molar-refractivity contribution >= 4 is 0 Å². The number of rotatable bonds is 10.